The minimum atomic E-state index is -1.16. The van der Waals surface area contributed by atoms with Crippen LogP contribution >= 0.6 is 11.3 Å². The smallest absolute Gasteiger partial charge is 0.319 e. The van der Waals surface area contributed by atoms with Gasteiger partial charge in [-0.1, -0.05) is 18.2 Å². The molecule has 0 aliphatic carbocycles. The van der Waals surface area contributed by atoms with Crippen LogP contribution in [0.2, 0.25) is 0 Å². The van der Waals surface area contributed by atoms with E-state index in [-0.39, 0.29) is 5.69 Å². The lowest BCUT2D eigenvalue weighted by molar-refractivity contribution is -0.137. The molecule has 0 spiro atoms. The van der Waals surface area contributed by atoms with E-state index in [1.54, 1.807) is 12.3 Å². The second kappa shape index (κ2) is 9.16. The second-order valence-corrected chi connectivity index (χ2v) is 7.27. The molecule has 2 heterocycles. The molecule has 3 aromatic rings. The van der Waals surface area contributed by atoms with E-state index >= 15 is 0 Å². The van der Waals surface area contributed by atoms with Crippen molar-refractivity contribution in [3.63, 3.8) is 0 Å². The summed E-state index contributed by atoms with van der Waals surface area (Å²) in [6.45, 7) is 0.374. The summed E-state index contributed by atoms with van der Waals surface area (Å²) in [6, 6.07) is 10.5. The standard InChI is InChI=1S/C20H18FN3O4S/c21-14-5-1-4-13(10-14)17(11-18(25)26)23-20(28)22-16-7-2-8-24(19(16)27)12-15-6-3-9-29-15/h1-10,17H,11-12H2,(H,25,26)(H2,22,23,28)/t17-/m0/s1. The van der Waals surface area contributed by atoms with E-state index in [0.29, 0.717) is 12.1 Å². The van der Waals surface area contributed by atoms with Crippen LogP contribution in [-0.4, -0.2) is 21.7 Å². The first kappa shape index (κ1) is 20.3. The third kappa shape index (κ3) is 5.52. The highest BCUT2D eigenvalue weighted by atomic mass is 32.1. The Kier molecular flexibility index (Phi) is 6.40. The van der Waals surface area contributed by atoms with Crippen molar-refractivity contribution in [2.75, 3.05) is 5.32 Å². The fraction of sp³-hybridized carbons (Fsp3) is 0.150. The van der Waals surface area contributed by atoms with Gasteiger partial charge in [0.05, 0.1) is 19.0 Å². The summed E-state index contributed by atoms with van der Waals surface area (Å²) >= 11 is 1.51. The maximum absolute atomic E-state index is 13.5. The Hall–Kier alpha value is -3.46. The van der Waals surface area contributed by atoms with Crippen LogP contribution in [0.3, 0.4) is 0 Å². The molecule has 29 heavy (non-hydrogen) atoms. The van der Waals surface area contributed by atoms with Gasteiger partial charge in [0.1, 0.15) is 11.5 Å². The first-order chi connectivity index (χ1) is 13.9. The number of rotatable bonds is 7. The number of nitrogens with zero attached hydrogens (tertiary/aromatic N) is 1. The van der Waals surface area contributed by atoms with E-state index in [1.807, 2.05) is 17.5 Å². The zero-order chi connectivity index (χ0) is 20.8. The first-order valence-electron chi connectivity index (χ1n) is 8.69. The number of carbonyl (C=O) groups excluding carboxylic acids is 1. The van der Waals surface area contributed by atoms with Crippen LogP contribution in [0.4, 0.5) is 14.9 Å². The number of nitrogens with one attached hydrogen (secondary N) is 2. The molecule has 150 valence electrons. The number of halogens is 1. The zero-order valence-electron chi connectivity index (χ0n) is 15.2. The van der Waals surface area contributed by atoms with Gasteiger partial charge >= 0.3 is 12.0 Å². The summed E-state index contributed by atoms with van der Waals surface area (Å²) in [7, 11) is 0. The zero-order valence-corrected chi connectivity index (χ0v) is 16.0. The molecular weight excluding hydrogens is 397 g/mol. The SMILES string of the molecule is O=C(O)C[C@H](NC(=O)Nc1cccn(Cc2cccs2)c1=O)c1cccc(F)c1. The first-order valence-corrected chi connectivity index (χ1v) is 9.57. The Balaban J connectivity index is 1.74. The van der Waals surface area contributed by atoms with Crippen molar-refractivity contribution in [2.45, 2.75) is 19.0 Å². The molecule has 1 aromatic carbocycles. The number of hydrogen-bond donors (Lipinski definition) is 3. The predicted octanol–water partition coefficient (Wildman–Crippen LogP) is 3.43. The van der Waals surface area contributed by atoms with Gasteiger partial charge in [0.25, 0.3) is 5.56 Å². The van der Waals surface area contributed by atoms with Gasteiger partial charge in [-0.3, -0.25) is 9.59 Å². The molecule has 0 aliphatic rings. The molecule has 0 saturated heterocycles. The lowest BCUT2D eigenvalue weighted by atomic mass is 10.0. The van der Waals surface area contributed by atoms with Crippen LogP contribution in [0.1, 0.15) is 22.9 Å². The Labute approximate surface area is 169 Å². The lowest BCUT2D eigenvalue weighted by Gasteiger charge is -2.18. The van der Waals surface area contributed by atoms with Crippen LogP contribution in [-0.2, 0) is 11.3 Å². The Morgan fingerprint density at radius 1 is 1.17 bits per heavy atom. The van der Waals surface area contributed by atoms with Gasteiger partial charge < -0.3 is 20.3 Å². The number of aromatic nitrogens is 1. The average Bonchev–Trinajstić information content (AvgIpc) is 3.17. The Morgan fingerprint density at radius 3 is 2.69 bits per heavy atom. The molecule has 0 unspecified atom stereocenters. The van der Waals surface area contributed by atoms with E-state index in [0.717, 1.165) is 10.9 Å². The minimum Gasteiger partial charge on any atom is -0.481 e. The number of thiophene rings is 1. The molecular formula is C20H18FN3O4S. The van der Waals surface area contributed by atoms with Gasteiger partial charge in [-0.2, -0.15) is 0 Å². The maximum atomic E-state index is 13.5. The van der Waals surface area contributed by atoms with E-state index in [1.165, 1.54) is 40.2 Å². The number of carboxylic acids is 1. The maximum Gasteiger partial charge on any atom is 0.319 e. The number of anilines is 1. The van der Waals surface area contributed by atoms with Crippen LogP contribution in [0.25, 0.3) is 0 Å². The van der Waals surface area contributed by atoms with E-state index in [2.05, 4.69) is 10.6 Å². The van der Waals surface area contributed by atoms with E-state index in [9.17, 15) is 18.8 Å². The van der Waals surface area contributed by atoms with Crippen LogP contribution in [0, 0.1) is 5.82 Å². The van der Waals surface area contributed by atoms with Crippen molar-refractivity contribution in [3.8, 4) is 0 Å². The predicted molar refractivity (Wildman–Crippen MR) is 108 cm³/mol. The summed E-state index contributed by atoms with van der Waals surface area (Å²) in [4.78, 5) is 37.1. The number of carbonyl (C=O) groups is 2. The Morgan fingerprint density at radius 2 is 2.00 bits per heavy atom. The van der Waals surface area contributed by atoms with Crippen molar-refractivity contribution < 1.29 is 19.1 Å². The topological polar surface area (TPSA) is 100 Å². The minimum absolute atomic E-state index is 0.0508. The molecule has 7 nitrogen and oxygen atoms in total. The quantitative estimate of drug-likeness (QED) is 0.550. The van der Waals surface area contributed by atoms with Crippen molar-refractivity contribution in [2.24, 2.45) is 0 Å². The molecule has 0 aliphatic heterocycles. The van der Waals surface area contributed by atoms with Gasteiger partial charge in [-0.25, -0.2) is 9.18 Å². The highest BCUT2D eigenvalue weighted by Crippen LogP contribution is 2.18. The molecule has 0 fully saturated rings. The highest BCUT2D eigenvalue weighted by molar-refractivity contribution is 7.09. The fourth-order valence-corrected chi connectivity index (χ4v) is 3.50. The molecule has 9 heteroatoms. The molecule has 0 radical (unpaired) electrons. The third-order valence-electron chi connectivity index (χ3n) is 4.11. The summed E-state index contributed by atoms with van der Waals surface area (Å²) in [5.74, 6) is -1.70. The normalized spacial score (nSPS) is 11.6. The van der Waals surface area contributed by atoms with Crippen LogP contribution in [0.15, 0.2) is 64.9 Å². The molecule has 0 bridgehead atoms. The molecule has 3 N–H and O–H groups in total. The van der Waals surface area contributed by atoms with Crippen LogP contribution < -0.4 is 16.2 Å². The van der Waals surface area contributed by atoms with Gasteiger partial charge in [0.15, 0.2) is 0 Å². The molecule has 0 saturated carbocycles. The largest absolute Gasteiger partial charge is 0.481 e. The van der Waals surface area contributed by atoms with Crippen molar-refractivity contribution in [1.29, 1.82) is 0 Å². The van der Waals surface area contributed by atoms with E-state index in [4.69, 9.17) is 5.11 Å². The van der Waals surface area contributed by atoms with Gasteiger partial charge in [-0.05, 0) is 41.3 Å². The van der Waals surface area contributed by atoms with Gasteiger partial charge in [-0.15, -0.1) is 11.3 Å². The number of aliphatic carboxylic acids is 1. The summed E-state index contributed by atoms with van der Waals surface area (Å²) in [5.41, 5.74) is -0.0304. The van der Waals surface area contributed by atoms with Crippen molar-refractivity contribution in [3.05, 3.63) is 86.7 Å². The molecule has 2 amide bonds. The lowest BCUT2D eigenvalue weighted by Crippen LogP contribution is -2.36. The molecule has 1 atom stereocenters. The third-order valence-corrected chi connectivity index (χ3v) is 4.97. The highest BCUT2D eigenvalue weighted by Gasteiger charge is 2.19. The average molecular weight is 415 g/mol. The fourth-order valence-electron chi connectivity index (χ4n) is 2.79. The van der Waals surface area contributed by atoms with E-state index < -0.39 is 35.8 Å². The van der Waals surface area contributed by atoms with Crippen molar-refractivity contribution in [1.82, 2.24) is 9.88 Å². The van der Waals surface area contributed by atoms with Gasteiger partial charge in [0.2, 0.25) is 0 Å². The number of pyridine rings is 1. The number of urea groups is 1. The monoisotopic (exact) mass is 415 g/mol. The number of hydrogen-bond acceptors (Lipinski definition) is 4. The van der Waals surface area contributed by atoms with Gasteiger partial charge in [0, 0.05) is 11.1 Å². The summed E-state index contributed by atoms with van der Waals surface area (Å²) < 4.78 is 14.9. The second-order valence-electron chi connectivity index (χ2n) is 6.24. The summed E-state index contributed by atoms with van der Waals surface area (Å²) in [5, 5.41) is 16.0. The van der Waals surface area contributed by atoms with Crippen LogP contribution in [0.5, 0.6) is 0 Å². The van der Waals surface area contributed by atoms with Crippen molar-refractivity contribution >= 4 is 29.0 Å². The number of amides is 2. The Bertz CT molecular complexity index is 1070. The number of carboxylic acid groups (broad SMARTS) is 1. The summed E-state index contributed by atoms with van der Waals surface area (Å²) in [6.07, 6.45) is 1.18. The number of benzene rings is 1. The molecule has 2 aromatic heterocycles. The molecule has 3 rings (SSSR count).